The van der Waals surface area contributed by atoms with E-state index < -0.39 is 12.0 Å². The Morgan fingerprint density at radius 1 is 1.00 bits per heavy atom. The van der Waals surface area contributed by atoms with Crippen molar-refractivity contribution in [2.24, 2.45) is 0 Å². The van der Waals surface area contributed by atoms with Crippen molar-refractivity contribution in [1.82, 2.24) is 20.1 Å². The van der Waals surface area contributed by atoms with E-state index in [2.05, 4.69) is 20.1 Å². The first kappa shape index (κ1) is 20.1. The number of para-hydroxylation sites is 2. The molecule has 30 heavy (non-hydrogen) atoms. The van der Waals surface area contributed by atoms with Crippen molar-refractivity contribution in [2.75, 3.05) is 6.61 Å². The van der Waals surface area contributed by atoms with Crippen molar-refractivity contribution in [3.05, 3.63) is 60.2 Å². The van der Waals surface area contributed by atoms with Crippen LogP contribution in [0.4, 0.5) is 13.2 Å². The fourth-order valence-corrected chi connectivity index (χ4v) is 3.63. The van der Waals surface area contributed by atoms with Gasteiger partial charge in [-0.3, -0.25) is 0 Å². The summed E-state index contributed by atoms with van der Waals surface area (Å²) in [6.07, 6.45) is -4.64. The molecule has 0 spiro atoms. The van der Waals surface area contributed by atoms with E-state index in [0.29, 0.717) is 29.1 Å². The molecule has 0 aliphatic heterocycles. The Morgan fingerprint density at radius 3 is 2.57 bits per heavy atom. The van der Waals surface area contributed by atoms with Crippen LogP contribution < -0.4 is 4.74 Å². The van der Waals surface area contributed by atoms with Gasteiger partial charge in [0, 0.05) is 5.39 Å². The van der Waals surface area contributed by atoms with Crippen LogP contribution in [0.5, 0.6) is 5.75 Å². The maximum Gasteiger partial charge on any atom is 0.451 e. The Kier molecular flexibility index (Phi) is 5.58. The lowest BCUT2D eigenvalue weighted by Crippen LogP contribution is -2.11. The molecule has 0 fully saturated rings. The fraction of sp³-hybridized carbons (Fsp3) is 0.200. The molecule has 0 bridgehead atoms. The summed E-state index contributed by atoms with van der Waals surface area (Å²) in [4.78, 5) is 11.7. The highest BCUT2D eigenvalue weighted by atomic mass is 32.2. The van der Waals surface area contributed by atoms with Gasteiger partial charge in [0.05, 0.1) is 23.4 Å². The smallest absolute Gasteiger partial charge is 0.451 e. The predicted octanol–water partition coefficient (Wildman–Crippen LogP) is 5.39. The second-order valence-corrected chi connectivity index (χ2v) is 7.06. The summed E-state index contributed by atoms with van der Waals surface area (Å²) in [5, 5.41) is 4.69. The second kappa shape index (κ2) is 8.31. The van der Waals surface area contributed by atoms with Gasteiger partial charge in [0.15, 0.2) is 0 Å². The lowest BCUT2D eigenvalue weighted by Gasteiger charge is -2.09. The van der Waals surface area contributed by atoms with Gasteiger partial charge in [-0.05, 0) is 25.1 Å². The molecule has 0 saturated heterocycles. The number of thioether (sulfide) groups is 1. The van der Waals surface area contributed by atoms with E-state index in [9.17, 15) is 13.2 Å². The van der Waals surface area contributed by atoms with Gasteiger partial charge >= 0.3 is 6.18 Å². The van der Waals surface area contributed by atoms with E-state index in [-0.39, 0.29) is 22.2 Å². The third-order valence-corrected chi connectivity index (χ3v) is 5.03. The first-order chi connectivity index (χ1) is 14.5. The van der Waals surface area contributed by atoms with Gasteiger partial charge in [-0.2, -0.15) is 18.2 Å². The normalized spacial score (nSPS) is 11.7. The zero-order chi connectivity index (χ0) is 21.1. The molecule has 2 aromatic heterocycles. The highest BCUT2D eigenvalue weighted by molar-refractivity contribution is 7.98. The average molecular weight is 432 g/mol. The van der Waals surface area contributed by atoms with Crippen molar-refractivity contribution in [3.8, 4) is 17.1 Å². The molecule has 0 saturated carbocycles. The summed E-state index contributed by atoms with van der Waals surface area (Å²) in [5.41, 5.74) is 0.894. The van der Waals surface area contributed by atoms with Gasteiger partial charge in [0.1, 0.15) is 10.8 Å². The number of fused-ring (bicyclic) bond motifs is 1. The number of rotatable bonds is 6. The van der Waals surface area contributed by atoms with E-state index in [0.717, 1.165) is 11.8 Å². The first-order valence-electron chi connectivity index (χ1n) is 8.97. The molecule has 0 N–H and O–H groups in total. The SMILES string of the molecule is CCOc1ccccc1-c1noc(CSc2nc(C(F)(F)F)nc3ccccc23)n1. The van der Waals surface area contributed by atoms with Crippen molar-refractivity contribution in [1.29, 1.82) is 0 Å². The third kappa shape index (κ3) is 4.23. The number of ether oxygens (including phenoxy) is 1. The molecule has 4 aromatic rings. The van der Waals surface area contributed by atoms with Gasteiger partial charge < -0.3 is 9.26 Å². The van der Waals surface area contributed by atoms with Crippen LogP contribution in [0.25, 0.3) is 22.3 Å². The third-order valence-electron chi connectivity index (χ3n) is 4.05. The minimum absolute atomic E-state index is 0.155. The summed E-state index contributed by atoms with van der Waals surface area (Å²) in [5.74, 6) is 0.204. The molecule has 10 heteroatoms. The van der Waals surface area contributed by atoms with Crippen LogP contribution in [0.2, 0.25) is 0 Å². The minimum atomic E-state index is -4.64. The Bertz CT molecular complexity index is 1180. The number of hydrogen-bond donors (Lipinski definition) is 0. The molecule has 0 amide bonds. The van der Waals surface area contributed by atoms with Gasteiger partial charge in [-0.1, -0.05) is 47.3 Å². The van der Waals surface area contributed by atoms with Crippen molar-refractivity contribution >= 4 is 22.7 Å². The van der Waals surface area contributed by atoms with Gasteiger partial charge in [0.2, 0.25) is 17.5 Å². The Hall–Kier alpha value is -3.14. The lowest BCUT2D eigenvalue weighted by molar-refractivity contribution is -0.145. The predicted molar refractivity (Wildman–Crippen MR) is 105 cm³/mol. The lowest BCUT2D eigenvalue weighted by atomic mass is 10.2. The van der Waals surface area contributed by atoms with Crippen molar-refractivity contribution in [2.45, 2.75) is 23.9 Å². The molecular weight excluding hydrogens is 417 g/mol. The van der Waals surface area contributed by atoms with Crippen molar-refractivity contribution in [3.63, 3.8) is 0 Å². The Morgan fingerprint density at radius 2 is 1.77 bits per heavy atom. The maximum atomic E-state index is 13.2. The molecule has 4 rings (SSSR count). The van der Waals surface area contributed by atoms with Crippen LogP contribution >= 0.6 is 11.8 Å². The van der Waals surface area contributed by atoms with Gasteiger partial charge in [0.25, 0.3) is 0 Å². The summed E-state index contributed by atoms with van der Waals surface area (Å²) in [6, 6.07) is 13.8. The highest BCUT2D eigenvalue weighted by Crippen LogP contribution is 2.34. The minimum Gasteiger partial charge on any atom is -0.493 e. The fourth-order valence-electron chi connectivity index (χ4n) is 2.77. The average Bonchev–Trinajstić information content (AvgIpc) is 3.20. The van der Waals surface area contributed by atoms with Gasteiger partial charge in [-0.25, -0.2) is 9.97 Å². The molecule has 154 valence electrons. The standard InChI is InChI=1S/C20H15F3N4O2S/c1-2-28-15-10-6-4-8-13(15)17-25-16(29-27-17)11-30-18-12-7-3-5-9-14(12)24-19(26-18)20(21,22)23/h3-10H,2,11H2,1H3. The molecule has 2 aromatic carbocycles. The van der Waals surface area contributed by atoms with Crippen LogP contribution in [0, 0.1) is 0 Å². The summed E-state index contributed by atoms with van der Waals surface area (Å²) >= 11 is 1.08. The molecule has 0 aliphatic carbocycles. The Labute approximate surface area is 173 Å². The van der Waals surface area contributed by atoms with E-state index in [1.54, 1.807) is 30.3 Å². The molecule has 0 radical (unpaired) electrons. The van der Waals surface area contributed by atoms with Crippen LogP contribution in [-0.2, 0) is 11.9 Å². The van der Waals surface area contributed by atoms with Crippen LogP contribution in [0.1, 0.15) is 18.6 Å². The highest BCUT2D eigenvalue weighted by Gasteiger charge is 2.35. The summed E-state index contributed by atoms with van der Waals surface area (Å²) in [6.45, 7) is 2.36. The molecule has 0 aliphatic rings. The van der Waals surface area contributed by atoms with Crippen molar-refractivity contribution < 1.29 is 22.4 Å². The maximum absolute atomic E-state index is 13.2. The molecule has 2 heterocycles. The van der Waals surface area contributed by atoms with E-state index >= 15 is 0 Å². The first-order valence-corrected chi connectivity index (χ1v) is 9.96. The largest absolute Gasteiger partial charge is 0.493 e. The molecule has 6 nitrogen and oxygen atoms in total. The van der Waals surface area contributed by atoms with Crippen LogP contribution in [0.3, 0.4) is 0 Å². The topological polar surface area (TPSA) is 73.9 Å². The zero-order valence-corrected chi connectivity index (χ0v) is 16.5. The molecular formula is C20H15F3N4O2S. The number of nitrogens with zero attached hydrogens (tertiary/aromatic N) is 4. The number of alkyl halides is 3. The Balaban J connectivity index is 1.60. The number of benzene rings is 2. The summed E-state index contributed by atoms with van der Waals surface area (Å²) in [7, 11) is 0. The van der Waals surface area contributed by atoms with Crippen LogP contribution in [0.15, 0.2) is 58.1 Å². The van der Waals surface area contributed by atoms with E-state index in [4.69, 9.17) is 9.26 Å². The summed E-state index contributed by atoms with van der Waals surface area (Å²) < 4.78 is 50.3. The van der Waals surface area contributed by atoms with Crippen LogP contribution in [-0.4, -0.2) is 26.7 Å². The second-order valence-electron chi connectivity index (χ2n) is 6.10. The number of hydrogen-bond acceptors (Lipinski definition) is 7. The van der Waals surface area contributed by atoms with E-state index in [1.165, 1.54) is 6.07 Å². The van der Waals surface area contributed by atoms with E-state index in [1.807, 2.05) is 19.1 Å². The molecule has 0 atom stereocenters. The molecule has 0 unspecified atom stereocenters. The zero-order valence-electron chi connectivity index (χ0n) is 15.7. The number of halogens is 3. The number of aromatic nitrogens is 4. The van der Waals surface area contributed by atoms with Gasteiger partial charge in [-0.15, -0.1) is 0 Å². The monoisotopic (exact) mass is 432 g/mol. The quantitative estimate of drug-likeness (QED) is 0.299.